The molecule has 2 aromatic rings. The number of hydrogen-bond acceptors (Lipinski definition) is 5. The van der Waals surface area contributed by atoms with Crippen LogP contribution < -0.4 is 5.32 Å². The van der Waals surface area contributed by atoms with Gasteiger partial charge in [-0.15, -0.1) is 22.7 Å². The first-order valence-electron chi connectivity index (χ1n) is 10.8. The minimum Gasteiger partial charge on any atom is -0.465 e. The molecular formula is C22H31N3O4S2. The number of carbonyl (C=O) groups excluding carboxylic acids is 1. The number of nitrogens with one attached hydrogen (secondary N) is 1. The fourth-order valence-electron chi connectivity index (χ4n) is 3.76. The average Bonchev–Trinajstić information content (AvgIpc) is 3.49. The molecule has 1 aliphatic heterocycles. The number of unbranched alkanes of at least 4 members (excludes halogenated alkanes) is 1. The zero-order valence-electron chi connectivity index (χ0n) is 17.9. The largest absolute Gasteiger partial charge is 0.465 e. The highest BCUT2D eigenvalue weighted by atomic mass is 32.1. The van der Waals surface area contributed by atoms with Crippen LogP contribution in [0.3, 0.4) is 0 Å². The maximum Gasteiger partial charge on any atom is 0.408 e. The van der Waals surface area contributed by atoms with Crippen LogP contribution in [0.5, 0.6) is 0 Å². The van der Waals surface area contributed by atoms with E-state index in [-0.39, 0.29) is 18.1 Å². The Morgan fingerprint density at radius 3 is 2.58 bits per heavy atom. The summed E-state index contributed by atoms with van der Waals surface area (Å²) in [6.45, 7) is 4.74. The van der Waals surface area contributed by atoms with Crippen molar-refractivity contribution in [3.8, 4) is 0 Å². The van der Waals surface area contributed by atoms with E-state index >= 15 is 0 Å². The lowest BCUT2D eigenvalue weighted by Gasteiger charge is -2.33. The smallest absolute Gasteiger partial charge is 0.408 e. The third kappa shape index (κ3) is 6.95. The van der Waals surface area contributed by atoms with Crippen LogP contribution in [-0.2, 0) is 11.3 Å². The summed E-state index contributed by atoms with van der Waals surface area (Å²) in [5.41, 5.74) is 0. The number of morpholine rings is 1. The van der Waals surface area contributed by atoms with Gasteiger partial charge in [-0.25, -0.2) is 9.59 Å². The molecule has 0 saturated carbocycles. The van der Waals surface area contributed by atoms with E-state index in [0.29, 0.717) is 39.3 Å². The van der Waals surface area contributed by atoms with Crippen LogP contribution in [0, 0.1) is 0 Å². The van der Waals surface area contributed by atoms with Gasteiger partial charge in [-0.3, -0.25) is 4.90 Å². The first kappa shape index (κ1) is 23.6. The van der Waals surface area contributed by atoms with Gasteiger partial charge in [0.25, 0.3) is 0 Å². The molecule has 1 fully saturated rings. The van der Waals surface area contributed by atoms with Crippen LogP contribution in [0.1, 0.15) is 48.4 Å². The topological polar surface area (TPSA) is 82.1 Å². The van der Waals surface area contributed by atoms with Crippen molar-refractivity contribution in [3.05, 3.63) is 44.8 Å². The first-order valence-corrected chi connectivity index (χ1v) is 12.5. The van der Waals surface area contributed by atoms with Gasteiger partial charge in [0.15, 0.2) is 0 Å². The van der Waals surface area contributed by atoms with Crippen LogP contribution in [0.2, 0.25) is 0 Å². The normalized spacial score (nSPS) is 16.0. The van der Waals surface area contributed by atoms with Crippen molar-refractivity contribution in [3.63, 3.8) is 0 Å². The maximum atomic E-state index is 12.8. The first-order chi connectivity index (χ1) is 15.1. The molecule has 2 N–H and O–H groups in total. The molecule has 3 rings (SSSR count). The second-order valence-electron chi connectivity index (χ2n) is 7.64. The van der Waals surface area contributed by atoms with Gasteiger partial charge in [0.1, 0.15) is 0 Å². The number of carboxylic acid groups (broad SMARTS) is 1. The van der Waals surface area contributed by atoms with Gasteiger partial charge in [0, 0.05) is 28.9 Å². The molecule has 0 bridgehead atoms. The minimum absolute atomic E-state index is 0.0885. The third-order valence-electron chi connectivity index (χ3n) is 5.44. The number of rotatable bonds is 10. The maximum absolute atomic E-state index is 12.8. The van der Waals surface area contributed by atoms with Gasteiger partial charge in [-0.1, -0.05) is 31.9 Å². The molecule has 0 aromatic carbocycles. The lowest BCUT2D eigenvalue weighted by Crippen LogP contribution is -2.50. The zero-order valence-corrected chi connectivity index (χ0v) is 19.5. The molecule has 7 nitrogen and oxygen atoms in total. The Morgan fingerprint density at radius 2 is 1.97 bits per heavy atom. The van der Waals surface area contributed by atoms with Crippen LogP contribution in [-0.4, -0.2) is 59.4 Å². The fourth-order valence-corrected chi connectivity index (χ4v) is 5.32. The lowest BCUT2D eigenvalue weighted by atomic mass is 9.99. The number of ether oxygens (including phenoxy) is 1. The van der Waals surface area contributed by atoms with Crippen molar-refractivity contribution in [2.75, 3.05) is 26.3 Å². The van der Waals surface area contributed by atoms with Gasteiger partial charge >= 0.3 is 12.1 Å². The predicted octanol–water partition coefficient (Wildman–Crippen LogP) is 5.02. The molecule has 1 unspecified atom stereocenters. The number of carbonyl (C=O) groups is 2. The summed E-state index contributed by atoms with van der Waals surface area (Å²) < 4.78 is 5.35. The second kappa shape index (κ2) is 12.1. The van der Waals surface area contributed by atoms with E-state index in [1.54, 1.807) is 27.6 Å². The molecule has 3 amide bonds. The summed E-state index contributed by atoms with van der Waals surface area (Å²) in [4.78, 5) is 30.4. The second-order valence-corrected chi connectivity index (χ2v) is 9.66. The third-order valence-corrected chi connectivity index (χ3v) is 7.27. The average molecular weight is 466 g/mol. The quantitative estimate of drug-likeness (QED) is 0.516. The molecule has 0 spiro atoms. The summed E-state index contributed by atoms with van der Waals surface area (Å²) in [7, 11) is 0. The van der Waals surface area contributed by atoms with E-state index < -0.39 is 6.09 Å². The summed E-state index contributed by atoms with van der Waals surface area (Å²) >= 11 is 3.12. The molecule has 2 aromatic heterocycles. The SMILES string of the molecule is CCCC[C@@H](CC(c1cccs1)N(Cc1cccs1)C(=O)O)NC(=O)N1CCOCC1. The number of hydrogen-bond donors (Lipinski definition) is 2. The summed E-state index contributed by atoms with van der Waals surface area (Å²) in [5, 5.41) is 17.2. The number of urea groups is 1. The summed E-state index contributed by atoms with van der Waals surface area (Å²) in [6, 6.07) is 7.33. The molecule has 1 saturated heterocycles. The number of thiophene rings is 2. The van der Waals surface area contributed by atoms with Gasteiger partial charge in [0.2, 0.25) is 0 Å². The predicted molar refractivity (Wildman–Crippen MR) is 124 cm³/mol. The van der Waals surface area contributed by atoms with E-state index in [4.69, 9.17) is 4.74 Å². The van der Waals surface area contributed by atoms with Gasteiger partial charge < -0.3 is 20.1 Å². The van der Waals surface area contributed by atoms with E-state index in [9.17, 15) is 14.7 Å². The molecule has 170 valence electrons. The summed E-state index contributed by atoms with van der Waals surface area (Å²) in [5.74, 6) is 0. The molecule has 0 radical (unpaired) electrons. The zero-order chi connectivity index (χ0) is 22.1. The van der Waals surface area contributed by atoms with Gasteiger partial charge in [-0.05, 0) is 35.7 Å². The molecule has 0 aliphatic carbocycles. The van der Waals surface area contributed by atoms with Crippen molar-refractivity contribution < 1.29 is 19.4 Å². The van der Waals surface area contributed by atoms with Crippen LogP contribution in [0.4, 0.5) is 9.59 Å². The molecule has 2 atom stereocenters. The van der Waals surface area contributed by atoms with E-state index in [1.807, 2.05) is 35.0 Å². The molecule has 3 heterocycles. The van der Waals surface area contributed by atoms with Crippen molar-refractivity contribution in [2.24, 2.45) is 0 Å². The Morgan fingerprint density at radius 1 is 1.23 bits per heavy atom. The van der Waals surface area contributed by atoms with Crippen molar-refractivity contribution in [2.45, 2.75) is 51.2 Å². The standard InChI is InChI=1S/C22H31N3O4S2/c1-2-3-6-17(23-21(26)24-9-11-29-12-10-24)15-19(20-8-5-14-31-20)25(22(27)28)16-18-7-4-13-30-18/h4-5,7-8,13-14,17,19H,2-3,6,9-12,15-16H2,1H3,(H,23,26)(H,27,28)/t17-,19?/m0/s1. The van der Waals surface area contributed by atoms with Gasteiger partial charge in [-0.2, -0.15) is 0 Å². The van der Waals surface area contributed by atoms with Crippen molar-refractivity contribution >= 4 is 34.8 Å². The van der Waals surface area contributed by atoms with Crippen LogP contribution in [0.15, 0.2) is 35.0 Å². The van der Waals surface area contributed by atoms with E-state index in [1.165, 1.54) is 4.90 Å². The highest BCUT2D eigenvalue weighted by molar-refractivity contribution is 7.10. The summed E-state index contributed by atoms with van der Waals surface area (Å²) in [6.07, 6.45) is 2.42. The fraction of sp³-hybridized carbons (Fsp3) is 0.545. The van der Waals surface area contributed by atoms with Crippen LogP contribution >= 0.6 is 22.7 Å². The molecular weight excluding hydrogens is 434 g/mol. The Bertz CT molecular complexity index is 792. The van der Waals surface area contributed by atoms with E-state index in [0.717, 1.165) is 29.0 Å². The Hall–Kier alpha value is -2.10. The number of nitrogens with zero attached hydrogens (tertiary/aromatic N) is 2. The molecule has 31 heavy (non-hydrogen) atoms. The number of amides is 3. The van der Waals surface area contributed by atoms with Crippen molar-refractivity contribution in [1.82, 2.24) is 15.1 Å². The van der Waals surface area contributed by atoms with E-state index in [2.05, 4.69) is 12.2 Å². The monoisotopic (exact) mass is 465 g/mol. The Kier molecular flexibility index (Phi) is 9.17. The minimum atomic E-state index is -0.944. The van der Waals surface area contributed by atoms with Gasteiger partial charge in [0.05, 0.1) is 25.8 Å². The molecule has 9 heteroatoms. The highest BCUT2D eigenvalue weighted by Gasteiger charge is 2.30. The molecule has 1 aliphatic rings. The highest BCUT2D eigenvalue weighted by Crippen LogP contribution is 2.32. The Balaban J connectivity index is 1.78. The lowest BCUT2D eigenvalue weighted by molar-refractivity contribution is 0.0518. The Labute approximate surface area is 191 Å². The van der Waals surface area contributed by atoms with Crippen molar-refractivity contribution in [1.29, 1.82) is 0 Å². The van der Waals surface area contributed by atoms with Crippen LogP contribution in [0.25, 0.3) is 0 Å².